The third-order valence-electron chi connectivity index (χ3n) is 3.44. The van der Waals surface area contributed by atoms with Crippen LogP contribution in [0.3, 0.4) is 0 Å². The number of benzene rings is 2. The van der Waals surface area contributed by atoms with Crippen LogP contribution in [0, 0.1) is 15.9 Å². The lowest BCUT2D eigenvalue weighted by Gasteiger charge is -2.07. The Balaban J connectivity index is 1.81. The van der Waals surface area contributed by atoms with E-state index in [4.69, 9.17) is 0 Å². The summed E-state index contributed by atoms with van der Waals surface area (Å²) in [5.41, 5.74) is 0.627. The highest BCUT2D eigenvalue weighted by Gasteiger charge is 2.19. The average Bonchev–Trinajstić information content (AvgIpc) is 3.13. The summed E-state index contributed by atoms with van der Waals surface area (Å²) in [6, 6.07) is 9.84. The zero-order valence-corrected chi connectivity index (χ0v) is 12.8. The molecule has 1 heterocycles. The van der Waals surface area contributed by atoms with Crippen LogP contribution in [0.5, 0.6) is 0 Å². The van der Waals surface area contributed by atoms with Crippen LogP contribution < -0.4 is 5.32 Å². The van der Waals surface area contributed by atoms with Gasteiger partial charge in [-0.3, -0.25) is 14.9 Å². The number of amides is 1. The molecule has 0 aliphatic heterocycles. The van der Waals surface area contributed by atoms with Crippen LogP contribution in [0.2, 0.25) is 0 Å². The van der Waals surface area contributed by atoms with Crippen molar-refractivity contribution in [3.8, 4) is 5.69 Å². The van der Waals surface area contributed by atoms with Crippen molar-refractivity contribution >= 4 is 11.6 Å². The molecule has 0 aliphatic carbocycles. The fraction of sp³-hybridized carbons (Fsp3) is 0.0625. The van der Waals surface area contributed by atoms with Crippen molar-refractivity contribution in [2.75, 3.05) is 0 Å². The van der Waals surface area contributed by atoms with Gasteiger partial charge in [-0.05, 0) is 29.8 Å². The second kappa shape index (κ2) is 6.87. The third kappa shape index (κ3) is 3.66. The fourth-order valence-electron chi connectivity index (χ4n) is 2.27. The van der Waals surface area contributed by atoms with Crippen molar-refractivity contribution < 1.29 is 14.1 Å². The Bertz CT molecular complexity index is 927. The number of nitro groups is 1. The Hall–Kier alpha value is -3.62. The van der Waals surface area contributed by atoms with Crippen molar-refractivity contribution in [3.63, 3.8) is 0 Å². The average molecular weight is 341 g/mol. The normalized spacial score (nSPS) is 10.4. The molecule has 1 N–H and O–H groups in total. The maximum atomic E-state index is 13.1. The summed E-state index contributed by atoms with van der Waals surface area (Å²) < 4.78 is 14.4. The van der Waals surface area contributed by atoms with Crippen molar-refractivity contribution in [2.24, 2.45) is 0 Å². The lowest BCUT2D eigenvalue weighted by molar-refractivity contribution is -0.384. The molecule has 1 aromatic heterocycles. The zero-order valence-electron chi connectivity index (χ0n) is 12.8. The standard InChI is InChI=1S/C16H12FN5O3/c17-13-3-1-2-11(6-13)8-19-16(23)12-4-5-14(15(7-12)22(24)25)21-10-18-9-20-21/h1-7,9-10H,8H2,(H,19,23). The van der Waals surface area contributed by atoms with Crippen LogP contribution in [0.15, 0.2) is 55.1 Å². The number of nitrogens with one attached hydrogen (secondary N) is 1. The Labute approximate surface area is 141 Å². The van der Waals surface area contributed by atoms with Crippen molar-refractivity contribution in [1.29, 1.82) is 0 Å². The zero-order chi connectivity index (χ0) is 17.8. The minimum atomic E-state index is -0.597. The van der Waals surface area contributed by atoms with E-state index in [0.29, 0.717) is 5.56 Å². The van der Waals surface area contributed by atoms with Gasteiger partial charge in [0.15, 0.2) is 0 Å². The number of carbonyl (C=O) groups excluding carboxylic acids is 1. The van der Waals surface area contributed by atoms with Crippen molar-refractivity contribution in [1.82, 2.24) is 20.1 Å². The second-order valence-corrected chi connectivity index (χ2v) is 5.11. The molecule has 9 heteroatoms. The largest absolute Gasteiger partial charge is 0.348 e. The fourth-order valence-corrected chi connectivity index (χ4v) is 2.27. The van der Waals surface area contributed by atoms with Crippen molar-refractivity contribution in [2.45, 2.75) is 6.54 Å². The van der Waals surface area contributed by atoms with Gasteiger partial charge in [-0.1, -0.05) is 12.1 Å². The number of nitro benzene ring substituents is 1. The van der Waals surface area contributed by atoms with Gasteiger partial charge in [0.2, 0.25) is 0 Å². The molecule has 0 unspecified atom stereocenters. The van der Waals surface area contributed by atoms with Gasteiger partial charge >= 0.3 is 0 Å². The molecule has 0 atom stereocenters. The summed E-state index contributed by atoms with van der Waals surface area (Å²) in [7, 11) is 0. The topological polar surface area (TPSA) is 103 Å². The van der Waals surface area contributed by atoms with Gasteiger partial charge in [-0.25, -0.2) is 14.1 Å². The molecule has 25 heavy (non-hydrogen) atoms. The van der Waals surface area contributed by atoms with E-state index in [-0.39, 0.29) is 23.5 Å². The van der Waals surface area contributed by atoms with Crippen LogP contribution in [-0.2, 0) is 6.54 Å². The maximum absolute atomic E-state index is 13.1. The monoisotopic (exact) mass is 341 g/mol. The molecule has 1 amide bonds. The number of hydrogen-bond donors (Lipinski definition) is 1. The number of carbonyl (C=O) groups is 1. The van der Waals surface area contributed by atoms with Gasteiger partial charge in [-0.15, -0.1) is 0 Å². The predicted octanol–water partition coefficient (Wildman–Crippen LogP) is 2.24. The Morgan fingerprint density at radius 2 is 2.12 bits per heavy atom. The summed E-state index contributed by atoms with van der Waals surface area (Å²) in [4.78, 5) is 26.6. The van der Waals surface area contributed by atoms with Crippen LogP contribution in [0.1, 0.15) is 15.9 Å². The highest BCUT2D eigenvalue weighted by Crippen LogP contribution is 2.23. The molecule has 0 aliphatic rings. The molecule has 3 aromatic rings. The van der Waals surface area contributed by atoms with Gasteiger partial charge in [0.05, 0.1) is 4.92 Å². The minimum Gasteiger partial charge on any atom is -0.348 e. The SMILES string of the molecule is O=C(NCc1cccc(F)c1)c1ccc(-n2cncn2)c([N+](=O)[O-])c1. The van der Waals surface area contributed by atoms with Crippen LogP contribution in [0.25, 0.3) is 5.69 Å². The quantitative estimate of drug-likeness (QED) is 0.566. The molecule has 126 valence electrons. The lowest BCUT2D eigenvalue weighted by Crippen LogP contribution is -2.23. The smallest absolute Gasteiger partial charge is 0.295 e. The maximum Gasteiger partial charge on any atom is 0.295 e. The van der Waals surface area contributed by atoms with Gasteiger partial charge < -0.3 is 5.32 Å². The first-order valence-corrected chi connectivity index (χ1v) is 7.20. The summed E-state index contributed by atoms with van der Waals surface area (Å²) in [6.45, 7) is 0.106. The van der Waals surface area contributed by atoms with E-state index in [9.17, 15) is 19.3 Å². The molecule has 8 nitrogen and oxygen atoms in total. The number of rotatable bonds is 5. The summed E-state index contributed by atoms with van der Waals surface area (Å²) in [5.74, 6) is -0.905. The van der Waals surface area contributed by atoms with E-state index in [1.807, 2.05) is 0 Å². The summed E-state index contributed by atoms with van der Waals surface area (Å²) >= 11 is 0. The van der Waals surface area contributed by atoms with Crippen LogP contribution >= 0.6 is 0 Å². The van der Waals surface area contributed by atoms with E-state index in [1.165, 1.54) is 47.7 Å². The number of hydrogen-bond acceptors (Lipinski definition) is 5. The summed E-state index contributed by atoms with van der Waals surface area (Å²) in [6.07, 6.45) is 2.58. The molecule has 0 bridgehead atoms. The second-order valence-electron chi connectivity index (χ2n) is 5.11. The van der Waals surface area contributed by atoms with E-state index in [1.54, 1.807) is 6.07 Å². The van der Waals surface area contributed by atoms with E-state index in [0.717, 1.165) is 6.07 Å². The third-order valence-corrected chi connectivity index (χ3v) is 3.44. The molecule has 0 saturated heterocycles. The van der Waals surface area contributed by atoms with Gasteiger partial charge in [0.25, 0.3) is 11.6 Å². The highest BCUT2D eigenvalue weighted by atomic mass is 19.1. The summed E-state index contributed by atoms with van der Waals surface area (Å²) in [5, 5.41) is 17.7. The first kappa shape index (κ1) is 16.2. The van der Waals surface area contributed by atoms with E-state index < -0.39 is 16.6 Å². The molecule has 0 saturated carbocycles. The van der Waals surface area contributed by atoms with Gasteiger partial charge in [0.1, 0.15) is 24.2 Å². The number of halogens is 1. The molecule has 0 fully saturated rings. The highest BCUT2D eigenvalue weighted by molar-refractivity contribution is 5.95. The van der Waals surface area contributed by atoms with E-state index in [2.05, 4.69) is 15.4 Å². The Morgan fingerprint density at radius 1 is 1.28 bits per heavy atom. The molecule has 0 radical (unpaired) electrons. The van der Waals surface area contributed by atoms with Gasteiger partial charge in [0, 0.05) is 18.2 Å². The van der Waals surface area contributed by atoms with Crippen LogP contribution in [-0.4, -0.2) is 25.6 Å². The van der Waals surface area contributed by atoms with Crippen LogP contribution in [0.4, 0.5) is 10.1 Å². The molecule has 0 spiro atoms. The molecule has 3 rings (SSSR count). The number of nitrogens with zero attached hydrogens (tertiary/aromatic N) is 4. The lowest BCUT2D eigenvalue weighted by atomic mass is 10.1. The molecular weight excluding hydrogens is 329 g/mol. The van der Waals surface area contributed by atoms with E-state index >= 15 is 0 Å². The molecule has 2 aromatic carbocycles. The first-order valence-electron chi connectivity index (χ1n) is 7.20. The first-order chi connectivity index (χ1) is 12.0. The molecular formula is C16H12FN5O3. The van der Waals surface area contributed by atoms with Gasteiger partial charge in [-0.2, -0.15) is 5.10 Å². The number of aromatic nitrogens is 3. The Kier molecular flexibility index (Phi) is 4.46. The minimum absolute atomic E-state index is 0.106. The van der Waals surface area contributed by atoms with Crippen molar-refractivity contribution in [3.05, 3.63) is 82.2 Å². The Morgan fingerprint density at radius 3 is 2.80 bits per heavy atom. The predicted molar refractivity (Wildman–Crippen MR) is 85.6 cm³/mol.